The number of methoxy groups -OCH3 is 1. The van der Waals surface area contributed by atoms with Crippen molar-refractivity contribution >= 4 is 5.96 Å². The molecule has 1 fully saturated rings. The Morgan fingerprint density at radius 1 is 1.61 bits per heavy atom. The monoisotopic (exact) mass is 258 g/mol. The third-order valence-electron chi connectivity index (χ3n) is 3.11. The standard InChI is InChI=1S/C12H26N4O2/c1-4-11-9-18-10(2)8-16(11)12(15-13)14-6-5-7-17-3/h10-11H,4-9,13H2,1-3H3,(H,14,15). The van der Waals surface area contributed by atoms with Crippen LogP contribution >= 0.6 is 0 Å². The second-order valence-corrected chi connectivity index (χ2v) is 4.55. The molecule has 0 saturated carbocycles. The van der Waals surface area contributed by atoms with Gasteiger partial charge in [-0.3, -0.25) is 10.4 Å². The molecule has 1 rings (SSSR count). The Bertz CT molecular complexity index is 260. The molecule has 0 radical (unpaired) electrons. The van der Waals surface area contributed by atoms with Gasteiger partial charge in [0.05, 0.1) is 18.8 Å². The lowest BCUT2D eigenvalue weighted by molar-refractivity contribution is -0.0297. The molecule has 0 aromatic heterocycles. The first-order valence-corrected chi connectivity index (χ1v) is 6.61. The zero-order valence-corrected chi connectivity index (χ0v) is 11.7. The quantitative estimate of drug-likeness (QED) is 0.245. The van der Waals surface area contributed by atoms with Crippen LogP contribution in [0.15, 0.2) is 4.99 Å². The van der Waals surface area contributed by atoms with Crippen LogP contribution in [0, 0.1) is 0 Å². The zero-order valence-electron chi connectivity index (χ0n) is 11.7. The van der Waals surface area contributed by atoms with Crippen molar-refractivity contribution in [1.29, 1.82) is 0 Å². The summed E-state index contributed by atoms with van der Waals surface area (Å²) in [6, 6.07) is 0.346. The van der Waals surface area contributed by atoms with E-state index >= 15 is 0 Å². The van der Waals surface area contributed by atoms with Gasteiger partial charge in [0.1, 0.15) is 0 Å². The summed E-state index contributed by atoms with van der Waals surface area (Å²) < 4.78 is 10.7. The van der Waals surface area contributed by atoms with Gasteiger partial charge in [0, 0.05) is 26.8 Å². The Labute approximate surface area is 109 Å². The van der Waals surface area contributed by atoms with E-state index < -0.39 is 0 Å². The van der Waals surface area contributed by atoms with Crippen molar-refractivity contribution in [1.82, 2.24) is 10.3 Å². The predicted molar refractivity (Wildman–Crippen MR) is 72.3 cm³/mol. The number of nitrogens with zero attached hydrogens (tertiary/aromatic N) is 2. The van der Waals surface area contributed by atoms with E-state index in [9.17, 15) is 0 Å². The lowest BCUT2D eigenvalue weighted by Crippen LogP contribution is -2.56. The molecule has 1 aliphatic heterocycles. The van der Waals surface area contributed by atoms with Crippen LogP contribution in [0.3, 0.4) is 0 Å². The number of hydrogen-bond donors (Lipinski definition) is 2. The van der Waals surface area contributed by atoms with E-state index in [1.807, 2.05) is 0 Å². The van der Waals surface area contributed by atoms with Crippen LogP contribution in [0.25, 0.3) is 0 Å². The van der Waals surface area contributed by atoms with Gasteiger partial charge in [-0.05, 0) is 19.8 Å². The smallest absolute Gasteiger partial charge is 0.208 e. The minimum absolute atomic E-state index is 0.213. The van der Waals surface area contributed by atoms with Crippen molar-refractivity contribution in [2.75, 3.05) is 33.4 Å². The number of morpholine rings is 1. The summed E-state index contributed by atoms with van der Waals surface area (Å²) in [5, 5.41) is 0. The maximum absolute atomic E-state index is 5.66. The van der Waals surface area contributed by atoms with Gasteiger partial charge in [0.25, 0.3) is 0 Å². The maximum atomic E-state index is 5.66. The molecular formula is C12H26N4O2. The molecule has 18 heavy (non-hydrogen) atoms. The summed E-state index contributed by atoms with van der Waals surface area (Å²) in [4.78, 5) is 6.72. The Hall–Kier alpha value is -0.850. The third kappa shape index (κ3) is 4.44. The summed E-state index contributed by atoms with van der Waals surface area (Å²) in [6.07, 6.45) is 2.13. The molecule has 0 bridgehead atoms. The van der Waals surface area contributed by atoms with E-state index in [0.717, 1.165) is 45.1 Å². The van der Waals surface area contributed by atoms with Crippen molar-refractivity contribution in [2.24, 2.45) is 10.8 Å². The summed E-state index contributed by atoms with van der Waals surface area (Å²) in [5.41, 5.74) is 2.71. The van der Waals surface area contributed by atoms with Gasteiger partial charge in [-0.15, -0.1) is 0 Å². The topological polar surface area (TPSA) is 72.1 Å². The Balaban J connectivity index is 2.59. The number of guanidine groups is 1. The lowest BCUT2D eigenvalue weighted by atomic mass is 10.1. The molecule has 106 valence electrons. The fourth-order valence-electron chi connectivity index (χ4n) is 2.05. The largest absolute Gasteiger partial charge is 0.385 e. The van der Waals surface area contributed by atoms with Gasteiger partial charge >= 0.3 is 0 Å². The molecular weight excluding hydrogens is 232 g/mol. The van der Waals surface area contributed by atoms with E-state index in [1.54, 1.807) is 7.11 Å². The molecule has 0 aliphatic carbocycles. The van der Waals surface area contributed by atoms with Crippen LogP contribution in [0.5, 0.6) is 0 Å². The molecule has 2 unspecified atom stereocenters. The highest BCUT2D eigenvalue weighted by Gasteiger charge is 2.27. The number of nitrogens with one attached hydrogen (secondary N) is 1. The molecule has 3 N–H and O–H groups in total. The first-order valence-electron chi connectivity index (χ1n) is 6.61. The van der Waals surface area contributed by atoms with Crippen LogP contribution in [0.2, 0.25) is 0 Å². The summed E-state index contributed by atoms with van der Waals surface area (Å²) in [7, 11) is 1.70. The van der Waals surface area contributed by atoms with Crippen LogP contribution in [-0.4, -0.2) is 56.4 Å². The SMILES string of the molecule is CCC1COC(C)CN1C(=NCCCOC)NN. The van der Waals surface area contributed by atoms with Crippen LogP contribution in [0.4, 0.5) is 0 Å². The molecule has 1 heterocycles. The van der Waals surface area contributed by atoms with Crippen molar-refractivity contribution in [3.63, 3.8) is 0 Å². The van der Waals surface area contributed by atoms with E-state index in [4.69, 9.17) is 15.3 Å². The highest BCUT2D eigenvalue weighted by molar-refractivity contribution is 5.79. The summed E-state index contributed by atoms with van der Waals surface area (Å²) >= 11 is 0. The molecule has 0 spiro atoms. The van der Waals surface area contributed by atoms with E-state index in [-0.39, 0.29) is 6.10 Å². The predicted octanol–water partition coefficient (Wildman–Crippen LogP) is 0.342. The van der Waals surface area contributed by atoms with Crippen molar-refractivity contribution < 1.29 is 9.47 Å². The second kappa shape index (κ2) is 8.29. The Kier molecular flexibility index (Phi) is 7.00. The molecule has 6 nitrogen and oxygen atoms in total. The average molecular weight is 258 g/mol. The van der Waals surface area contributed by atoms with E-state index in [1.165, 1.54) is 0 Å². The minimum Gasteiger partial charge on any atom is -0.385 e. The Morgan fingerprint density at radius 3 is 3.00 bits per heavy atom. The van der Waals surface area contributed by atoms with Gasteiger partial charge in [-0.1, -0.05) is 6.92 Å². The molecule has 1 aliphatic rings. The molecule has 0 amide bonds. The number of hydrazine groups is 1. The number of hydrogen-bond acceptors (Lipinski definition) is 4. The van der Waals surface area contributed by atoms with Crippen molar-refractivity contribution in [3.05, 3.63) is 0 Å². The van der Waals surface area contributed by atoms with Gasteiger partial charge in [-0.25, -0.2) is 5.84 Å². The van der Waals surface area contributed by atoms with Gasteiger partial charge in [0.2, 0.25) is 5.96 Å². The third-order valence-corrected chi connectivity index (χ3v) is 3.11. The average Bonchev–Trinajstić information content (AvgIpc) is 2.39. The van der Waals surface area contributed by atoms with Crippen LogP contribution in [0.1, 0.15) is 26.7 Å². The fourth-order valence-corrected chi connectivity index (χ4v) is 2.05. The second-order valence-electron chi connectivity index (χ2n) is 4.55. The van der Waals surface area contributed by atoms with E-state index in [2.05, 4.69) is 29.2 Å². The van der Waals surface area contributed by atoms with Crippen LogP contribution < -0.4 is 11.3 Å². The first-order chi connectivity index (χ1) is 8.72. The number of ether oxygens (including phenoxy) is 2. The molecule has 2 atom stereocenters. The molecule has 1 saturated heterocycles. The van der Waals surface area contributed by atoms with Gasteiger partial charge in [0.15, 0.2) is 0 Å². The Morgan fingerprint density at radius 2 is 2.39 bits per heavy atom. The van der Waals surface area contributed by atoms with Crippen molar-refractivity contribution in [2.45, 2.75) is 38.8 Å². The van der Waals surface area contributed by atoms with E-state index in [0.29, 0.717) is 6.04 Å². The van der Waals surface area contributed by atoms with Crippen LogP contribution in [-0.2, 0) is 9.47 Å². The fraction of sp³-hybridized carbons (Fsp3) is 0.917. The zero-order chi connectivity index (χ0) is 13.4. The maximum Gasteiger partial charge on any atom is 0.208 e. The highest BCUT2D eigenvalue weighted by Crippen LogP contribution is 2.14. The lowest BCUT2D eigenvalue weighted by Gasteiger charge is -2.39. The number of rotatable bonds is 5. The minimum atomic E-state index is 0.213. The normalized spacial score (nSPS) is 25.3. The first kappa shape index (κ1) is 15.2. The number of aliphatic imine (C=N–C) groups is 1. The van der Waals surface area contributed by atoms with Crippen molar-refractivity contribution in [3.8, 4) is 0 Å². The molecule has 0 aromatic rings. The van der Waals surface area contributed by atoms with Gasteiger partial charge < -0.3 is 14.4 Å². The summed E-state index contributed by atoms with van der Waals surface area (Å²) in [6.45, 7) is 7.21. The molecule has 0 aromatic carbocycles. The summed E-state index contributed by atoms with van der Waals surface area (Å²) in [5.74, 6) is 6.34. The van der Waals surface area contributed by atoms with Gasteiger partial charge in [-0.2, -0.15) is 0 Å². The highest BCUT2D eigenvalue weighted by atomic mass is 16.5. The number of nitrogens with two attached hydrogens (primary N) is 1. The molecule has 6 heteroatoms.